The Bertz CT molecular complexity index is 1390. The van der Waals surface area contributed by atoms with Gasteiger partial charge in [0.1, 0.15) is 5.76 Å². The lowest BCUT2D eigenvalue weighted by Crippen LogP contribution is -2.29. The molecule has 1 atom stereocenters. The Labute approximate surface area is 222 Å². The third-order valence-corrected chi connectivity index (χ3v) is 6.66. The summed E-state index contributed by atoms with van der Waals surface area (Å²) in [5.41, 5.74) is 2.45. The smallest absolute Gasteiger partial charge is 0.300 e. The molecule has 1 heterocycles. The van der Waals surface area contributed by atoms with Gasteiger partial charge in [-0.25, -0.2) is 0 Å². The van der Waals surface area contributed by atoms with Gasteiger partial charge >= 0.3 is 0 Å². The first kappa shape index (κ1) is 26.6. The monoisotopic (exact) mass is 517 g/mol. The molecule has 3 aromatic carbocycles. The van der Waals surface area contributed by atoms with Gasteiger partial charge in [0, 0.05) is 11.3 Å². The summed E-state index contributed by atoms with van der Waals surface area (Å²) in [6.45, 7) is 4.15. The van der Waals surface area contributed by atoms with Crippen LogP contribution in [-0.4, -0.2) is 45.2 Å². The summed E-state index contributed by atoms with van der Waals surface area (Å²) < 4.78 is 21.5. The molecule has 38 heavy (non-hydrogen) atoms. The number of amides is 1. The Balaban J connectivity index is 1.95. The summed E-state index contributed by atoms with van der Waals surface area (Å²) in [5, 5.41) is 11.5. The maximum Gasteiger partial charge on any atom is 0.300 e. The van der Waals surface area contributed by atoms with Gasteiger partial charge in [-0.05, 0) is 59.5 Å². The second kappa shape index (κ2) is 10.9. The minimum absolute atomic E-state index is 0.0534. The molecule has 0 aliphatic carbocycles. The molecule has 4 rings (SSSR count). The predicted octanol–water partition coefficient (Wildman–Crippen LogP) is 5.47. The summed E-state index contributed by atoms with van der Waals surface area (Å²) in [6.07, 6.45) is 0. The van der Waals surface area contributed by atoms with E-state index in [-0.39, 0.29) is 11.3 Å². The fourth-order valence-electron chi connectivity index (χ4n) is 4.60. The maximum absolute atomic E-state index is 13.5. The van der Waals surface area contributed by atoms with Crippen molar-refractivity contribution in [2.24, 2.45) is 0 Å². The average molecular weight is 518 g/mol. The Morgan fingerprint density at radius 2 is 1.32 bits per heavy atom. The number of hydrogen-bond acceptors (Lipinski definition) is 7. The number of nitrogens with zero attached hydrogens (tertiary/aromatic N) is 1. The van der Waals surface area contributed by atoms with Crippen LogP contribution >= 0.6 is 0 Å². The number of ketones is 1. The van der Waals surface area contributed by atoms with E-state index >= 15 is 0 Å². The number of carbonyl (C=O) groups excluding carboxylic acids is 2. The molecule has 0 bridgehead atoms. The summed E-state index contributed by atoms with van der Waals surface area (Å²) >= 11 is 0. The molecular weight excluding hydrogens is 486 g/mol. The summed E-state index contributed by atoms with van der Waals surface area (Å²) in [5.74, 6) is 0.181. The van der Waals surface area contributed by atoms with E-state index in [1.54, 1.807) is 36.4 Å². The molecule has 3 aromatic rings. The third-order valence-electron chi connectivity index (χ3n) is 6.66. The molecule has 1 N–H and O–H groups in total. The number of ether oxygens (including phenoxy) is 4. The Kier molecular flexibility index (Phi) is 7.62. The molecule has 8 heteroatoms. The van der Waals surface area contributed by atoms with Crippen LogP contribution in [0.3, 0.4) is 0 Å². The number of Topliss-reactive ketones (excluding diaryl/α,β-unsaturated/α-hetero) is 1. The molecule has 0 aromatic heterocycles. The zero-order valence-corrected chi connectivity index (χ0v) is 22.3. The van der Waals surface area contributed by atoms with Crippen molar-refractivity contribution in [1.82, 2.24) is 0 Å². The van der Waals surface area contributed by atoms with Gasteiger partial charge in [0.2, 0.25) is 0 Å². The van der Waals surface area contributed by atoms with Gasteiger partial charge in [-0.1, -0.05) is 32.0 Å². The van der Waals surface area contributed by atoms with Crippen molar-refractivity contribution >= 4 is 23.1 Å². The van der Waals surface area contributed by atoms with E-state index in [1.807, 2.05) is 24.3 Å². The van der Waals surface area contributed by atoms with E-state index in [0.29, 0.717) is 45.7 Å². The quantitative estimate of drug-likeness (QED) is 0.241. The highest BCUT2D eigenvalue weighted by Crippen LogP contribution is 2.45. The molecule has 1 saturated heterocycles. The predicted molar refractivity (Wildman–Crippen MR) is 144 cm³/mol. The van der Waals surface area contributed by atoms with Crippen molar-refractivity contribution in [3.63, 3.8) is 0 Å². The van der Waals surface area contributed by atoms with Crippen molar-refractivity contribution in [3.8, 4) is 23.0 Å². The summed E-state index contributed by atoms with van der Waals surface area (Å²) in [7, 11) is 6.01. The SMILES string of the molecule is COc1ccc(/C(O)=C2/C(=O)C(=O)N(c3ccc(C(C)C)cc3)C2c2ccc(OC)c(OC)c2)cc1OC. The molecule has 8 nitrogen and oxygen atoms in total. The number of carbonyl (C=O) groups is 2. The Morgan fingerprint density at radius 1 is 0.763 bits per heavy atom. The first-order valence-electron chi connectivity index (χ1n) is 12.1. The lowest BCUT2D eigenvalue weighted by atomic mass is 9.94. The van der Waals surface area contributed by atoms with Crippen LogP contribution in [0.5, 0.6) is 23.0 Å². The zero-order chi connectivity index (χ0) is 27.6. The fraction of sp³-hybridized carbons (Fsp3) is 0.267. The molecule has 1 aliphatic heterocycles. The maximum atomic E-state index is 13.5. The summed E-state index contributed by atoms with van der Waals surface area (Å²) in [6, 6.07) is 16.5. The topological polar surface area (TPSA) is 94.5 Å². The van der Waals surface area contributed by atoms with Gasteiger partial charge in [0.25, 0.3) is 11.7 Å². The molecule has 1 aliphatic rings. The molecular formula is C30H31NO7. The minimum atomic E-state index is -0.923. The van der Waals surface area contributed by atoms with Crippen LogP contribution < -0.4 is 23.8 Å². The number of aliphatic hydroxyl groups is 1. The van der Waals surface area contributed by atoms with E-state index in [4.69, 9.17) is 18.9 Å². The summed E-state index contributed by atoms with van der Waals surface area (Å²) in [4.78, 5) is 28.4. The first-order valence-corrected chi connectivity index (χ1v) is 12.1. The highest BCUT2D eigenvalue weighted by Gasteiger charge is 2.47. The zero-order valence-electron chi connectivity index (χ0n) is 22.3. The van der Waals surface area contributed by atoms with Crippen LogP contribution in [0.1, 0.15) is 42.5 Å². The van der Waals surface area contributed by atoms with Crippen LogP contribution in [0.2, 0.25) is 0 Å². The molecule has 0 radical (unpaired) electrons. The number of benzene rings is 3. The molecule has 1 unspecified atom stereocenters. The standard InChI is InChI=1S/C30H31NO7/c1-17(2)18-7-11-21(12-8-18)31-27(19-9-13-22(35-3)24(15-19)37-5)26(29(33)30(31)34)28(32)20-10-14-23(36-4)25(16-20)38-6/h7-17,27,32H,1-6H3/b28-26-. The molecule has 0 spiro atoms. The van der Waals surface area contributed by atoms with Crippen molar-refractivity contribution in [3.05, 3.63) is 82.9 Å². The Hall–Kier alpha value is -4.46. The number of hydrogen-bond donors (Lipinski definition) is 1. The van der Waals surface area contributed by atoms with Gasteiger partial charge in [0.15, 0.2) is 23.0 Å². The highest BCUT2D eigenvalue weighted by molar-refractivity contribution is 6.51. The van der Waals surface area contributed by atoms with Gasteiger partial charge in [-0.15, -0.1) is 0 Å². The van der Waals surface area contributed by atoms with Gasteiger partial charge in [-0.2, -0.15) is 0 Å². The lowest BCUT2D eigenvalue weighted by molar-refractivity contribution is -0.132. The van der Waals surface area contributed by atoms with E-state index in [0.717, 1.165) is 5.56 Å². The minimum Gasteiger partial charge on any atom is -0.507 e. The molecule has 198 valence electrons. The van der Waals surface area contributed by atoms with E-state index in [1.165, 1.54) is 33.3 Å². The van der Waals surface area contributed by atoms with Crippen LogP contribution in [0, 0.1) is 0 Å². The molecule has 1 fully saturated rings. The Morgan fingerprint density at radius 3 is 1.87 bits per heavy atom. The van der Waals surface area contributed by atoms with E-state index < -0.39 is 17.7 Å². The van der Waals surface area contributed by atoms with Gasteiger partial charge in [0.05, 0.1) is 40.1 Å². The highest BCUT2D eigenvalue weighted by atomic mass is 16.5. The van der Waals surface area contributed by atoms with Gasteiger partial charge in [-0.3, -0.25) is 14.5 Å². The molecule has 0 saturated carbocycles. The van der Waals surface area contributed by atoms with Crippen molar-refractivity contribution in [2.45, 2.75) is 25.8 Å². The lowest BCUT2D eigenvalue weighted by Gasteiger charge is -2.26. The van der Waals surface area contributed by atoms with E-state index in [2.05, 4.69) is 13.8 Å². The van der Waals surface area contributed by atoms with Crippen molar-refractivity contribution in [2.75, 3.05) is 33.3 Å². The second-order valence-electron chi connectivity index (χ2n) is 9.10. The fourth-order valence-corrected chi connectivity index (χ4v) is 4.60. The third kappa shape index (κ3) is 4.65. The van der Waals surface area contributed by atoms with Crippen LogP contribution in [0.15, 0.2) is 66.2 Å². The van der Waals surface area contributed by atoms with Crippen LogP contribution in [0.4, 0.5) is 5.69 Å². The second-order valence-corrected chi connectivity index (χ2v) is 9.10. The number of methoxy groups -OCH3 is 4. The van der Waals surface area contributed by atoms with Crippen molar-refractivity contribution < 1.29 is 33.6 Å². The first-order chi connectivity index (χ1) is 18.2. The number of anilines is 1. The normalized spacial score (nSPS) is 16.6. The van der Waals surface area contributed by atoms with Crippen LogP contribution in [0.25, 0.3) is 5.76 Å². The molecule has 1 amide bonds. The van der Waals surface area contributed by atoms with Crippen molar-refractivity contribution in [1.29, 1.82) is 0 Å². The number of rotatable bonds is 8. The van der Waals surface area contributed by atoms with Gasteiger partial charge < -0.3 is 24.1 Å². The van der Waals surface area contributed by atoms with E-state index in [9.17, 15) is 14.7 Å². The average Bonchev–Trinajstić information content (AvgIpc) is 3.21. The largest absolute Gasteiger partial charge is 0.507 e. The van der Waals surface area contributed by atoms with Crippen LogP contribution in [-0.2, 0) is 9.59 Å². The number of aliphatic hydroxyl groups excluding tert-OH is 1.